The van der Waals surface area contributed by atoms with Crippen molar-refractivity contribution >= 4 is 34.0 Å². The van der Waals surface area contributed by atoms with E-state index in [2.05, 4.69) is 0 Å². The van der Waals surface area contributed by atoms with Gasteiger partial charge in [-0.25, -0.2) is 4.98 Å². The summed E-state index contributed by atoms with van der Waals surface area (Å²) in [5.74, 6) is 2.89. The number of amides is 1. The number of ether oxygens (including phenoxy) is 3. The molecule has 4 rings (SSSR count). The smallest absolute Gasteiger partial charge is 0.264 e. The Kier molecular flexibility index (Phi) is 7.64. The van der Waals surface area contributed by atoms with Crippen LogP contribution in [0.4, 0.5) is 5.82 Å². The van der Waals surface area contributed by atoms with Crippen LogP contribution in [-0.4, -0.2) is 51.2 Å². The van der Waals surface area contributed by atoms with Crippen molar-refractivity contribution in [2.75, 3.05) is 40.3 Å². The van der Waals surface area contributed by atoms with E-state index in [9.17, 15) is 4.79 Å². The quantitative estimate of drug-likeness (QED) is 0.298. The molecular weight excluding hydrogens is 474 g/mol. The van der Waals surface area contributed by atoms with Gasteiger partial charge in [-0.3, -0.25) is 4.79 Å². The van der Waals surface area contributed by atoms with E-state index in [1.807, 2.05) is 85.4 Å². The summed E-state index contributed by atoms with van der Waals surface area (Å²) in [6, 6.07) is 17.4. The molecule has 0 atom stereocenters. The molecule has 0 saturated heterocycles. The average Bonchev–Trinajstić information content (AvgIpc) is 3.33. The van der Waals surface area contributed by atoms with Crippen molar-refractivity contribution in [3.63, 3.8) is 0 Å². The molecule has 36 heavy (non-hydrogen) atoms. The zero-order chi connectivity index (χ0) is 25.8. The Bertz CT molecular complexity index is 1370. The number of rotatable bonds is 9. The topological polar surface area (TPSA) is 64.1 Å². The normalized spacial score (nSPS) is 10.8. The van der Waals surface area contributed by atoms with Gasteiger partial charge in [0.1, 0.15) is 28.6 Å². The molecule has 0 unspecified atom stereocenters. The minimum absolute atomic E-state index is 0.0219. The van der Waals surface area contributed by atoms with Gasteiger partial charge in [0.15, 0.2) is 0 Å². The lowest BCUT2D eigenvalue weighted by molar-refractivity contribution is 0.0735. The number of aromatic nitrogens is 1. The number of hydrogen-bond acceptors (Lipinski definition) is 7. The summed E-state index contributed by atoms with van der Waals surface area (Å²) in [6.07, 6.45) is 0. The van der Waals surface area contributed by atoms with Crippen LogP contribution in [0.25, 0.3) is 10.9 Å². The molecule has 7 nitrogen and oxygen atoms in total. The van der Waals surface area contributed by atoms with Gasteiger partial charge in [0.2, 0.25) is 0 Å². The van der Waals surface area contributed by atoms with Crippen LogP contribution in [0, 0.1) is 6.92 Å². The standard InChI is InChI=1S/C28H31N3O4S/c1-18-7-14-25(36-18)28(32)31(16-19-8-10-21(33-4)11-9-19)17-20-15-22-23(34-5)12-13-24(35-6)26(22)29-27(20)30(2)3/h7-15H,16-17H2,1-6H3. The highest BCUT2D eigenvalue weighted by Crippen LogP contribution is 2.36. The summed E-state index contributed by atoms with van der Waals surface area (Å²) in [4.78, 5) is 24.3. The second-order valence-corrected chi connectivity index (χ2v) is 9.94. The van der Waals surface area contributed by atoms with Crippen molar-refractivity contribution in [1.29, 1.82) is 0 Å². The van der Waals surface area contributed by atoms with Crippen LogP contribution in [0.2, 0.25) is 0 Å². The van der Waals surface area contributed by atoms with Gasteiger partial charge in [-0.1, -0.05) is 12.1 Å². The molecule has 1 amide bonds. The van der Waals surface area contributed by atoms with Crippen molar-refractivity contribution in [2.24, 2.45) is 0 Å². The lowest BCUT2D eigenvalue weighted by atomic mass is 10.1. The van der Waals surface area contributed by atoms with E-state index in [0.29, 0.717) is 35.0 Å². The molecule has 0 fully saturated rings. The number of fused-ring (bicyclic) bond motifs is 1. The highest BCUT2D eigenvalue weighted by atomic mass is 32.1. The predicted octanol–water partition coefficient (Wildman–Crippen LogP) is 5.54. The number of carbonyl (C=O) groups is 1. The zero-order valence-electron chi connectivity index (χ0n) is 21.5. The lowest BCUT2D eigenvalue weighted by Crippen LogP contribution is -2.30. The third kappa shape index (κ3) is 5.23. The van der Waals surface area contributed by atoms with Gasteiger partial charge in [-0.15, -0.1) is 11.3 Å². The first-order chi connectivity index (χ1) is 17.3. The summed E-state index contributed by atoms with van der Waals surface area (Å²) in [5.41, 5.74) is 2.64. The zero-order valence-corrected chi connectivity index (χ0v) is 22.3. The Labute approximate surface area is 215 Å². The Morgan fingerprint density at radius 1 is 0.889 bits per heavy atom. The number of carbonyl (C=O) groups excluding carboxylic acids is 1. The maximum Gasteiger partial charge on any atom is 0.264 e. The lowest BCUT2D eigenvalue weighted by Gasteiger charge is -2.26. The Morgan fingerprint density at radius 3 is 2.17 bits per heavy atom. The highest BCUT2D eigenvalue weighted by molar-refractivity contribution is 7.13. The van der Waals surface area contributed by atoms with Gasteiger partial charge in [0.05, 0.1) is 32.8 Å². The first-order valence-electron chi connectivity index (χ1n) is 11.5. The Balaban J connectivity index is 1.80. The van der Waals surface area contributed by atoms with Gasteiger partial charge >= 0.3 is 0 Å². The van der Waals surface area contributed by atoms with Gasteiger partial charge in [0, 0.05) is 36.5 Å². The number of hydrogen-bond donors (Lipinski definition) is 0. The van der Waals surface area contributed by atoms with Crippen LogP contribution < -0.4 is 19.1 Å². The molecule has 0 radical (unpaired) electrons. The molecule has 188 valence electrons. The average molecular weight is 506 g/mol. The molecule has 0 aliphatic carbocycles. The molecule has 0 N–H and O–H groups in total. The van der Waals surface area contributed by atoms with Gasteiger partial charge in [-0.05, 0) is 55.0 Å². The van der Waals surface area contributed by atoms with E-state index >= 15 is 0 Å². The van der Waals surface area contributed by atoms with Crippen molar-refractivity contribution in [3.8, 4) is 17.2 Å². The molecule has 2 heterocycles. The SMILES string of the molecule is COc1ccc(CN(Cc2cc3c(OC)ccc(OC)c3nc2N(C)C)C(=O)c2ccc(C)s2)cc1. The molecule has 2 aromatic carbocycles. The molecule has 8 heteroatoms. The number of pyridine rings is 1. The summed E-state index contributed by atoms with van der Waals surface area (Å²) >= 11 is 1.50. The predicted molar refractivity (Wildman–Crippen MR) is 145 cm³/mol. The third-order valence-electron chi connectivity index (χ3n) is 5.96. The molecule has 0 bridgehead atoms. The fourth-order valence-electron chi connectivity index (χ4n) is 4.15. The minimum Gasteiger partial charge on any atom is -0.497 e. The number of nitrogens with zero attached hydrogens (tertiary/aromatic N) is 3. The fourth-order valence-corrected chi connectivity index (χ4v) is 4.98. The maximum atomic E-state index is 13.7. The van der Waals surface area contributed by atoms with Crippen molar-refractivity contribution in [3.05, 3.63) is 75.5 Å². The van der Waals surface area contributed by atoms with Gasteiger partial charge < -0.3 is 24.0 Å². The maximum absolute atomic E-state index is 13.7. The van der Waals surface area contributed by atoms with Crippen LogP contribution in [0.5, 0.6) is 17.2 Å². The minimum atomic E-state index is -0.0219. The van der Waals surface area contributed by atoms with Crippen LogP contribution in [-0.2, 0) is 13.1 Å². The molecule has 2 aromatic heterocycles. The summed E-state index contributed by atoms with van der Waals surface area (Å²) in [5, 5.41) is 0.835. The van der Waals surface area contributed by atoms with Crippen molar-refractivity contribution in [1.82, 2.24) is 9.88 Å². The highest BCUT2D eigenvalue weighted by Gasteiger charge is 2.22. The molecule has 4 aromatic rings. The summed E-state index contributed by atoms with van der Waals surface area (Å²) in [7, 11) is 8.80. The van der Waals surface area contributed by atoms with E-state index < -0.39 is 0 Å². The van der Waals surface area contributed by atoms with E-state index in [0.717, 1.165) is 33.0 Å². The number of benzene rings is 2. The summed E-state index contributed by atoms with van der Waals surface area (Å²) < 4.78 is 16.5. The Morgan fingerprint density at radius 2 is 1.58 bits per heavy atom. The molecule has 0 aliphatic heterocycles. The van der Waals surface area contributed by atoms with Crippen molar-refractivity contribution < 1.29 is 19.0 Å². The van der Waals surface area contributed by atoms with Crippen LogP contribution in [0.15, 0.2) is 54.6 Å². The van der Waals surface area contributed by atoms with E-state index in [1.165, 1.54) is 11.3 Å². The molecule has 0 aliphatic rings. The first kappa shape index (κ1) is 25.3. The van der Waals surface area contributed by atoms with E-state index in [-0.39, 0.29) is 5.91 Å². The largest absolute Gasteiger partial charge is 0.497 e. The summed E-state index contributed by atoms with van der Waals surface area (Å²) in [6.45, 7) is 2.82. The second-order valence-electron chi connectivity index (χ2n) is 8.65. The third-order valence-corrected chi connectivity index (χ3v) is 6.95. The van der Waals surface area contributed by atoms with Crippen LogP contribution >= 0.6 is 11.3 Å². The van der Waals surface area contributed by atoms with E-state index in [1.54, 1.807) is 21.3 Å². The fraction of sp³-hybridized carbons (Fsp3) is 0.286. The molecule has 0 saturated carbocycles. The number of thiophene rings is 1. The monoisotopic (exact) mass is 505 g/mol. The van der Waals surface area contributed by atoms with Crippen LogP contribution in [0.1, 0.15) is 25.7 Å². The van der Waals surface area contributed by atoms with Gasteiger partial charge in [-0.2, -0.15) is 0 Å². The number of anilines is 1. The Hall–Kier alpha value is -3.78. The van der Waals surface area contributed by atoms with Gasteiger partial charge in [0.25, 0.3) is 5.91 Å². The number of methoxy groups -OCH3 is 3. The second kappa shape index (κ2) is 10.9. The molecular formula is C28H31N3O4S. The van der Waals surface area contributed by atoms with E-state index in [4.69, 9.17) is 19.2 Å². The number of aryl methyl sites for hydroxylation is 1. The first-order valence-corrected chi connectivity index (χ1v) is 12.4. The van der Waals surface area contributed by atoms with Crippen molar-refractivity contribution in [2.45, 2.75) is 20.0 Å². The van der Waals surface area contributed by atoms with Crippen LogP contribution in [0.3, 0.4) is 0 Å². The molecule has 0 spiro atoms.